The average molecular weight is 294 g/mol. The molecule has 2 N–H and O–H groups in total. The maximum atomic E-state index is 13.1. The van der Waals surface area contributed by atoms with E-state index in [0.29, 0.717) is 12.6 Å². The summed E-state index contributed by atoms with van der Waals surface area (Å²) >= 11 is 0. The van der Waals surface area contributed by atoms with Crippen molar-refractivity contribution >= 4 is 5.91 Å². The largest absolute Gasteiger partial charge is 0.507 e. The van der Waals surface area contributed by atoms with Gasteiger partial charge in [0.15, 0.2) is 0 Å². The summed E-state index contributed by atoms with van der Waals surface area (Å²) in [5.41, 5.74) is -0.0126. The Morgan fingerprint density at radius 1 is 1.48 bits per heavy atom. The Hall–Kier alpha value is -1.62. The maximum absolute atomic E-state index is 13.1. The number of carbonyl (C=O) groups excluding carboxylic acids is 1. The third-order valence-electron chi connectivity index (χ3n) is 4.05. The number of nitrogens with zero attached hydrogens (tertiary/aromatic N) is 1. The van der Waals surface area contributed by atoms with Crippen molar-refractivity contribution in [1.29, 1.82) is 0 Å². The lowest BCUT2D eigenvalue weighted by Gasteiger charge is -2.33. The Bertz CT molecular complexity index is 493. The Labute approximate surface area is 125 Å². The van der Waals surface area contributed by atoms with E-state index >= 15 is 0 Å². The van der Waals surface area contributed by atoms with Gasteiger partial charge in [0.05, 0.1) is 5.56 Å². The van der Waals surface area contributed by atoms with Crippen LogP contribution in [-0.2, 0) is 0 Å². The number of nitrogens with one attached hydrogen (secondary N) is 1. The zero-order valence-corrected chi connectivity index (χ0v) is 12.4. The standard InChI is InChI=1S/C16H23FN2O2/c1-12-5-2-3-9-19(12)10-4-8-18-16(21)14-11-13(17)6-7-15(14)20/h6-7,11-12,20H,2-5,8-10H2,1H3,(H,18,21). The summed E-state index contributed by atoms with van der Waals surface area (Å²) in [4.78, 5) is 14.3. The van der Waals surface area contributed by atoms with E-state index in [2.05, 4.69) is 17.1 Å². The van der Waals surface area contributed by atoms with Crippen LogP contribution in [0.5, 0.6) is 5.75 Å². The summed E-state index contributed by atoms with van der Waals surface area (Å²) in [6.45, 7) is 4.84. The molecule has 1 aromatic carbocycles. The molecule has 1 saturated heterocycles. The number of phenols is 1. The molecule has 1 aliphatic rings. The quantitative estimate of drug-likeness (QED) is 0.821. The first-order chi connectivity index (χ1) is 10.1. The zero-order valence-electron chi connectivity index (χ0n) is 12.4. The van der Waals surface area contributed by atoms with E-state index in [9.17, 15) is 14.3 Å². The SMILES string of the molecule is CC1CCCCN1CCCNC(=O)c1cc(F)ccc1O. The molecule has 0 aromatic heterocycles. The first kappa shape index (κ1) is 15.8. The second kappa shape index (κ2) is 7.41. The molecule has 1 atom stereocenters. The van der Waals surface area contributed by atoms with Gasteiger partial charge >= 0.3 is 0 Å². The Morgan fingerprint density at radius 2 is 2.29 bits per heavy atom. The third kappa shape index (κ3) is 4.43. The number of aromatic hydroxyl groups is 1. The van der Waals surface area contributed by atoms with Crippen LogP contribution in [0, 0.1) is 5.82 Å². The second-order valence-corrected chi connectivity index (χ2v) is 5.65. The number of hydrogen-bond donors (Lipinski definition) is 2. The predicted molar refractivity (Wildman–Crippen MR) is 79.9 cm³/mol. The van der Waals surface area contributed by atoms with Crippen LogP contribution in [0.2, 0.25) is 0 Å². The van der Waals surface area contributed by atoms with Crippen molar-refractivity contribution in [2.45, 2.75) is 38.6 Å². The molecule has 1 aromatic rings. The molecule has 0 aliphatic carbocycles. The molecule has 0 bridgehead atoms. The summed E-state index contributed by atoms with van der Waals surface area (Å²) in [7, 11) is 0. The summed E-state index contributed by atoms with van der Waals surface area (Å²) < 4.78 is 13.1. The molecule has 2 rings (SSSR count). The summed E-state index contributed by atoms with van der Waals surface area (Å²) in [6, 6.07) is 3.99. The van der Waals surface area contributed by atoms with Gasteiger partial charge in [-0.05, 0) is 50.9 Å². The minimum Gasteiger partial charge on any atom is -0.507 e. The number of halogens is 1. The Kier molecular flexibility index (Phi) is 5.56. The van der Waals surface area contributed by atoms with E-state index in [4.69, 9.17) is 0 Å². The van der Waals surface area contributed by atoms with Gasteiger partial charge < -0.3 is 15.3 Å². The lowest BCUT2D eigenvalue weighted by Crippen LogP contribution is -2.39. The van der Waals surface area contributed by atoms with Gasteiger partial charge in [0.1, 0.15) is 11.6 Å². The molecular formula is C16H23FN2O2. The van der Waals surface area contributed by atoms with E-state index in [-0.39, 0.29) is 11.3 Å². The lowest BCUT2D eigenvalue weighted by molar-refractivity contribution is 0.0945. The molecule has 21 heavy (non-hydrogen) atoms. The maximum Gasteiger partial charge on any atom is 0.255 e. The highest BCUT2D eigenvalue weighted by Gasteiger charge is 2.17. The highest BCUT2D eigenvalue weighted by molar-refractivity contribution is 5.96. The van der Waals surface area contributed by atoms with Crippen LogP contribution in [0.15, 0.2) is 18.2 Å². The van der Waals surface area contributed by atoms with Gasteiger partial charge in [-0.25, -0.2) is 4.39 Å². The van der Waals surface area contributed by atoms with Crippen molar-refractivity contribution in [3.63, 3.8) is 0 Å². The molecule has 1 unspecified atom stereocenters. The number of benzene rings is 1. The highest BCUT2D eigenvalue weighted by atomic mass is 19.1. The minimum absolute atomic E-state index is 0.0126. The number of phenolic OH excluding ortho intramolecular Hbond substituents is 1. The van der Waals surface area contributed by atoms with Crippen LogP contribution >= 0.6 is 0 Å². The first-order valence-electron chi connectivity index (χ1n) is 7.58. The molecule has 0 spiro atoms. The minimum atomic E-state index is -0.528. The van der Waals surface area contributed by atoms with Gasteiger partial charge in [-0.1, -0.05) is 6.42 Å². The third-order valence-corrected chi connectivity index (χ3v) is 4.05. The van der Waals surface area contributed by atoms with Crippen molar-refractivity contribution in [3.05, 3.63) is 29.6 Å². The highest BCUT2D eigenvalue weighted by Crippen LogP contribution is 2.18. The topological polar surface area (TPSA) is 52.6 Å². The van der Waals surface area contributed by atoms with E-state index in [0.717, 1.165) is 31.6 Å². The number of amides is 1. The van der Waals surface area contributed by atoms with E-state index in [1.165, 1.54) is 25.3 Å². The van der Waals surface area contributed by atoms with E-state index in [1.54, 1.807) is 0 Å². The van der Waals surface area contributed by atoms with Crippen molar-refractivity contribution in [1.82, 2.24) is 10.2 Å². The van der Waals surface area contributed by atoms with Gasteiger partial charge in [-0.15, -0.1) is 0 Å². The van der Waals surface area contributed by atoms with Gasteiger partial charge in [0.25, 0.3) is 5.91 Å². The fourth-order valence-corrected chi connectivity index (χ4v) is 2.76. The molecular weight excluding hydrogens is 271 g/mol. The van der Waals surface area contributed by atoms with Gasteiger partial charge in [0.2, 0.25) is 0 Å². The van der Waals surface area contributed by atoms with Crippen LogP contribution in [0.1, 0.15) is 43.0 Å². The molecule has 0 saturated carbocycles. The average Bonchev–Trinajstić information content (AvgIpc) is 2.47. The number of piperidine rings is 1. The van der Waals surface area contributed by atoms with Crippen LogP contribution in [0.25, 0.3) is 0 Å². The zero-order chi connectivity index (χ0) is 15.2. The molecule has 1 aliphatic heterocycles. The summed E-state index contributed by atoms with van der Waals surface area (Å²) in [6.07, 6.45) is 4.64. The molecule has 1 fully saturated rings. The van der Waals surface area contributed by atoms with Crippen molar-refractivity contribution < 1.29 is 14.3 Å². The first-order valence-corrected chi connectivity index (χ1v) is 7.58. The molecule has 5 heteroatoms. The van der Waals surface area contributed by atoms with E-state index in [1.807, 2.05) is 0 Å². The van der Waals surface area contributed by atoms with Crippen molar-refractivity contribution in [3.8, 4) is 5.75 Å². The predicted octanol–water partition coefficient (Wildman–Crippen LogP) is 2.53. The lowest BCUT2D eigenvalue weighted by atomic mass is 10.0. The summed E-state index contributed by atoms with van der Waals surface area (Å²) in [5.74, 6) is -1.16. The number of rotatable bonds is 5. The molecule has 4 nitrogen and oxygen atoms in total. The van der Waals surface area contributed by atoms with Gasteiger partial charge in [-0.3, -0.25) is 4.79 Å². The Balaban J connectivity index is 1.75. The number of likely N-dealkylation sites (tertiary alicyclic amines) is 1. The fourth-order valence-electron chi connectivity index (χ4n) is 2.76. The number of hydrogen-bond acceptors (Lipinski definition) is 3. The van der Waals surface area contributed by atoms with Crippen molar-refractivity contribution in [2.75, 3.05) is 19.6 Å². The van der Waals surface area contributed by atoms with Gasteiger partial charge in [0, 0.05) is 19.1 Å². The van der Waals surface area contributed by atoms with Crippen LogP contribution in [0.3, 0.4) is 0 Å². The second-order valence-electron chi connectivity index (χ2n) is 5.65. The Morgan fingerprint density at radius 3 is 3.05 bits per heavy atom. The monoisotopic (exact) mass is 294 g/mol. The van der Waals surface area contributed by atoms with Crippen LogP contribution in [0.4, 0.5) is 4.39 Å². The molecule has 1 heterocycles. The molecule has 0 radical (unpaired) electrons. The normalized spacial score (nSPS) is 19.4. The summed E-state index contributed by atoms with van der Waals surface area (Å²) in [5, 5.41) is 12.3. The fraction of sp³-hybridized carbons (Fsp3) is 0.562. The smallest absolute Gasteiger partial charge is 0.255 e. The van der Waals surface area contributed by atoms with Crippen LogP contribution < -0.4 is 5.32 Å². The molecule has 116 valence electrons. The van der Waals surface area contributed by atoms with E-state index < -0.39 is 11.7 Å². The van der Waals surface area contributed by atoms with Crippen LogP contribution in [-0.4, -0.2) is 41.6 Å². The van der Waals surface area contributed by atoms with Crippen molar-refractivity contribution in [2.24, 2.45) is 0 Å². The molecule has 1 amide bonds. The van der Waals surface area contributed by atoms with Gasteiger partial charge in [-0.2, -0.15) is 0 Å². The number of carbonyl (C=O) groups is 1.